The number of hydrogen-bond acceptors (Lipinski definition) is 7. The second-order valence-corrected chi connectivity index (χ2v) is 12.2. The lowest BCUT2D eigenvalue weighted by atomic mass is 10.1. The van der Waals surface area contributed by atoms with Gasteiger partial charge in [0.05, 0.1) is 41.5 Å². The maximum atomic E-state index is 14.2. The number of nitrogens with zero attached hydrogens (tertiary/aromatic N) is 2. The first-order valence-corrected chi connectivity index (χ1v) is 16.2. The Kier molecular flexibility index (Phi) is 12.6. The lowest BCUT2D eigenvalue weighted by Gasteiger charge is -2.33. The van der Waals surface area contributed by atoms with Crippen LogP contribution >= 0.6 is 23.2 Å². The van der Waals surface area contributed by atoms with Crippen molar-refractivity contribution in [1.82, 2.24) is 10.2 Å². The van der Waals surface area contributed by atoms with Gasteiger partial charge >= 0.3 is 0 Å². The van der Waals surface area contributed by atoms with Crippen LogP contribution in [0.15, 0.2) is 65.6 Å². The van der Waals surface area contributed by atoms with E-state index in [-0.39, 0.29) is 40.2 Å². The van der Waals surface area contributed by atoms with Crippen LogP contribution in [0.25, 0.3) is 0 Å². The minimum Gasteiger partial charge on any atom is -0.494 e. The van der Waals surface area contributed by atoms with Gasteiger partial charge in [-0.15, -0.1) is 0 Å². The van der Waals surface area contributed by atoms with E-state index < -0.39 is 28.5 Å². The summed E-state index contributed by atoms with van der Waals surface area (Å²) in [5.74, 6) is 0.117. The Morgan fingerprint density at radius 3 is 2.14 bits per heavy atom. The first-order valence-electron chi connectivity index (χ1n) is 14.0. The monoisotopic (exact) mass is 665 g/mol. The molecular formula is C31H37Cl2N3O7S. The number of hydrogen-bond donors (Lipinski definition) is 1. The third-order valence-electron chi connectivity index (χ3n) is 6.73. The van der Waals surface area contributed by atoms with Crippen LogP contribution in [0.3, 0.4) is 0 Å². The highest BCUT2D eigenvalue weighted by Crippen LogP contribution is 2.33. The Bertz CT molecular complexity index is 1550. The lowest BCUT2D eigenvalue weighted by Crippen LogP contribution is -2.52. The zero-order valence-electron chi connectivity index (χ0n) is 25.3. The van der Waals surface area contributed by atoms with Crippen molar-refractivity contribution in [3.63, 3.8) is 0 Å². The normalized spacial score (nSPS) is 11.8. The number of likely N-dealkylation sites (N-methyl/N-ethyl adjacent to an activating group) is 1. The highest BCUT2D eigenvalue weighted by atomic mass is 35.5. The summed E-state index contributed by atoms with van der Waals surface area (Å²) in [4.78, 5) is 28.5. The number of anilines is 1. The number of halogens is 2. The zero-order valence-corrected chi connectivity index (χ0v) is 27.6. The summed E-state index contributed by atoms with van der Waals surface area (Å²) in [7, 11) is -1.50. The molecule has 0 aromatic heterocycles. The molecule has 13 heteroatoms. The van der Waals surface area contributed by atoms with Crippen molar-refractivity contribution in [3.8, 4) is 17.2 Å². The fourth-order valence-electron chi connectivity index (χ4n) is 4.55. The van der Waals surface area contributed by atoms with Crippen LogP contribution in [0.4, 0.5) is 5.69 Å². The van der Waals surface area contributed by atoms with Crippen molar-refractivity contribution in [3.05, 3.63) is 76.3 Å². The Morgan fingerprint density at radius 1 is 0.886 bits per heavy atom. The van der Waals surface area contributed by atoms with Gasteiger partial charge in [0.1, 0.15) is 18.3 Å². The van der Waals surface area contributed by atoms with E-state index in [1.807, 2.05) is 6.92 Å². The van der Waals surface area contributed by atoms with Crippen LogP contribution in [0.5, 0.6) is 17.2 Å². The van der Waals surface area contributed by atoms with Crippen LogP contribution in [0.1, 0.15) is 32.8 Å². The molecule has 0 radical (unpaired) electrons. The molecule has 3 aromatic carbocycles. The third-order valence-corrected chi connectivity index (χ3v) is 9.24. The summed E-state index contributed by atoms with van der Waals surface area (Å²) in [6, 6.07) is 14.6. The molecule has 0 fully saturated rings. The number of rotatable bonds is 15. The highest BCUT2D eigenvalue weighted by Gasteiger charge is 2.34. The predicted octanol–water partition coefficient (Wildman–Crippen LogP) is 5.55. The van der Waals surface area contributed by atoms with E-state index in [1.54, 1.807) is 56.3 Å². The Hall–Kier alpha value is -3.67. The van der Waals surface area contributed by atoms with E-state index in [4.69, 9.17) is 37.4 Å². The molecule has 0 saturated carbocycles. The molecular weight excluding hydrogens is 629 g/mol. The number of nitrogens with one attached hydrogen (secondary N) is 1. The molecule has 3 rings (SSSR count). The van der Waals surface area contributed by atoms with E-state index in [1.165, 1.54) is 37.3 Å². The molecule has 1 N–H and O–H groups in total. The van der Waals surface area contributed by atoms with Gasteiger partial charge in [-0.05, 0) is 74.4 Å². The van der Waals surface area contributed by atoms with Gasteiger partial charge < -0.3 is 24.4 Å². The van der Waals surface area contributed by atoms with Gasteiger partial charge in [0.25, 0.3) is 10.0 Å². The molecule has 0 bridgehead atoms. The van der Waals surface area contributed by atoms with Gasteiger partial charge in [0.2, 0.25) is 11.8 Å². The number of benzene rings is 3. The quantitative estimate of drug-likeness (QED) is 0.226. The van der Waals surface area contributed by atoms with Crippen LogP contribution < -0.4 is 23.8 Å². The molecule has 0 aliphatic rings. The first-order chi connectivity index (χ1) is 21.0. The number of ether oxygens (including phenoxy) is 3. The number of amides is 2. The SMILES string of the molecule is CCNC(=O)C(CC)N(Cc1ccc(Cl)c(Cl)c1)C(=O)CN(c1ccc(OCC)cc1)S(=O)(=O)c1ccc(OC)c(OC)c1. The summed E-state index contributed by atoms with van der Waals surface area (Å²) in [5, 5.41) is 3.40. The second kappa shape index (κ2) is 15.9. The second-order valence-electron chi connectivity index (χ2n) is 9.54. The minimum absolute atomic E-state index is 0.0150. The summed E-state index contributed by atoms with van der Waals surface area (Å²) in [6.07, 6.45) is 0.282. The standard InChI is InChI=1S/C31H37Cl2N3O7S/c1-6-27(31(38)34-7-2)35(19-21-9-15-25(32)26(33)17-21)30(37)20-36(22-10-12-23(13-11-22)43-8-3)44(39,40)24-14-16-28(41-4)29(18-24)42-5/h9-18,27H,6-8,19-20H2,1-5H3,(H,34,38). The molecule has 0 aliphatic heterocycles. The average molecular weight is 667 g/mol. The molecule has 0 aliphatic carbocycles. The summed E-state index contributed by atoms with van der Waals surface area (Å²) in [5.41, 5.74) is 0.836. The van der Waals surface area contributed by atoms with Crippen molar-refractivity contribution >= 4 is 50.7 Å². The van der Waals surface area contributed by atoms with Crippen LogP contribution in [-0.4, -0.2) is 65.1 Å². The molecule has 1 unspecified atom stereocenters. The van der Waals surface area contributed by atoms with Crippen molar-refractivity contribution in [2.24, 2.45) is 0 Å². The number of sulfonamides is 1. The smallest absolute Gasteiger partial charge is 0.264 e. The molecule has 0 spiro atoms. The fourth-order valence-corrected chi connectivity index (χ4v) is 6.31. The number of methoxy groups -OCH3 is 2. The Balaban J connectivity index is 2.12. The minimum atomic E-state index is -4.34. The highest BCUT2D eigenvalue weighted by molar-refractivity contribution is 7.92. The van der Waals surface area contributed by atoms with Crippen LogP contribution in [-0.2, 0) is 26.2 Å². The molecule has 44 heavy (non-hydrogen) atoms. The van der Waals surface area contributed by atoms with Crippen molar-refractivity contribution in [2.45, 2.75) is 44.7 Å². The first kappa shape index (κ1) is 34.8. The Labute approximate surface area is 268 Å². The predicted molar refractivity (Wildman–Crippen MR) is 171 cm³/mol. The van der Waals surface area contributed by atoms with Crippen LogP contribution in [0, 0.1) is 0 Å². The van der Waals surface area contributed by atoms with E-state index in [9.17, 15) is 18.0 Å². The van der Waals surface area contributed by atoms with Crippen LogP contribution in [0.2, 0.25) is 10.0 Å². The third kappa shape index (κ3) is 8.28. The molecule has 3 aromatic rings. The molecule has 2 amide bonds. The van der Waals surface area contributed by atoms with Gasteiger partial charge in [-0.1, -0.05) is 36.2 Å². The average Bonchev–Trinajstić information content (AvgIpc) is 3.01. The molecule has 1 atom stereocenters. The van der Waals surface area contributed by atoms with Gasteiger partial charge in [-0.2, -0.15) is 0 Å². The summed E-state index contributed by atoms with van der Waals surface area (Å²) >= 11 is 12.3. The van der Waals surface area contributed by atoms with Gasteiger partial charge in [0.15, 0.2) is 11.5 Å². The number of carbonyl (C=O) groups is 2. The maximum Gasteiger partial charge on any atom is 0.264 e. The van der Waals surface area contributed by atoms with Gasteiger partial charge in [-0.25, -0.2) is 8.42 Å². The van der Waals surface area contributed by atoms with Crippen molar-refractivity contribution in [1.29, 1.82) is 0 Å². The molecule has 0 saturated heterocycles. The largest absolute Gasteiger partial charge is 0.494 e. The van der Waals surface area contributed by atoms with E-state index in [0.29, 0.717) is 35.2 Å². The number of carbonyl (C=O) groups excluding carboxylic acids is 2. The van der Waals surface area contributed by atoms with Gasteiger partial charge in [0, 0.05) is 19.2 Å². The topological polar surface area (TPSA) is 114 Å². The maximum absolute atomic E-state index is 14.2. The van der Waals surface area contributed by atoms with E-state index in [2.05, 4.69) is 5.32 Å². The van der Waals surface area contributed by atoms with Gasteiger partial charge in [-0.3, -0.25) is 13.9 Å². The molecule has 238 valence electrons. The molecule has 10 nitrogen and oxygen atoms in total. The van der Waals surface area contributed by atoms with Crippen molar-refractivity contribution in [2.75, 3.05) is 38.2 Å². The van der Waals surface area contributed by atoms with E-state index in [0.717, 1.165) is 4.31 Å². The fraction of sp³-hybridized carbons (Fsp3) is 0.355. The molecule has 0 heterocycles. The zero-order chi connectivity index (χ0) is 32.4. The Morgan fingerprint density at radius 2 is 1.57 bits per heavy atom. The van der Waals surface area contributed by atoms with E-state index >= 15 is 0 Å². The lowest BCUT2D eigenvalue weighted by molar-refractivity contribution is -0.140. The summed E-state index contributed by atoms with van der Waals surface area (Å²) in [6.45, 7) is 5.55. The van der Waals surface area contributed by atoms with Crippen molar-refractivity contribution < 1.29 is 32.2 Å². The summed E-state index contributed by atoms with van der Waals surface area (Å²) < 4.78 is 45.5.